The zero-order valence-electron chi connectivity index (χ0n) is 15.9. The number of para-hydroxylation sites is 1. The minimum absolute atomic E-state index is 0.0468. The van der Waals surface area contributed by atoms with E-state index in [-0.39, 0.29) is 29.1 Å². The lowest BCUT2D eigenvalue weighted by Gasteiger charge is -2.59. The molecule has 3 aliphatic carbocycles. The normalized spacial score (nSPS) is 33.1. The maximum Gasteiger partial charge on any atom is 0.258 e. The second kappa shape index (κ2) is 6.34. The summed E-state index contributed by atoms with van der Waals surface area (Å²) in [5, 5.41) is 8.32. The summed E-state index contributed by atoms with van der Waals surface area (Å²) in [6.07, 6.45) is 3.36. The lowest BCUT2D eigenvalue weighted by molar-refractivity contribution is -0.167. The average Bonchev–Trinajstić information content (AvgIpc) is 3.19. The van der Waals surface area contributed by atoms with E-state index in [1.807, 2.05) is 35.7 Å². The second-order valence-corrected chi connectivity index (χ2v) is 9.63. The van der Waals surface area contributed by atoms with Crippen molar-refractivity contribution in [2.45, 2.75) is 44.9 Å². The monoisotopic (exact) mass is 396 g/mol. The highest BCUT2D eigenvalue weighted by molar-refractivity contribution is 7.09. The summed E-state index contributed by atoms with van der Waals surface area (Å²) in [5.74, 6) is 0.800. The summed E-state index contributed by atoms with van der Waals surface area (Å²) >= 11 is 1.66. The molecule has 0 radical (unpaired) electrons. The van der Waals surface area contributed by atoms with Gasteiger partial charge in [0, 0.05) is 23.1 Å². The highest BCUT2D eigenvalue weighted by atomic mass is 32.1. The topological polar surface area (TPSA) is 67.4 Å². The van der Waals surface area contributed by atoms with Crippen molar-refractivity contribution in [2.75, 3.05) is 0 Å². The Morgan fingerprint density at radius 3 is 2.96 bits per heavy atom. The molecule has 4 aliphatic rings. The molecule has 6 heteroatoms. The number of thiophene rings is 1. The van der Waals surface area contributed by atoms with E-state index in [0.29, 0.717) is 24.3 Å². The lowest BCUT2D eigenvalue weighted by atomic mass is 9.52. The van der Waals surface area contributed by atoms with Gasteiger partial charge >= 0.3 is 0 Å². The van der Waals surface area contributed by atoms with Crippen LogP contribution in [0.2, 0.25) is 0 Å². The van der Waals surface area contributed by atoms with Crippen LogP contribution in [0.4, 0.5) is 0 Å². The van der Waals surface area contributed by atoms with E-state index in [0.717, 1.165) is 24.1 Å². The number of amides is 2. The number of rotatable bonds is 3. The Balaban J connectivity index is 1.37. The molecule has 0 saturated heterocycles. The van der Waals surface area contributed by atoms with Gasteiger partial charge in [-0.25, -0.2) is 0 Å². The fourth-order valence-electron chi connectivity index (χ4n) is 5.37. The van der Waals surface area contributed by atoms with E-state index >= 15 is 0 Å². The average molecular weight is 397 g/mol. The Morgan fingerprint density at radius 2 is 2.18 bits per heavy atom. The van der Waals surface area contributed by atoms with Crippen LogP contribution in [-0.2, 0) is 11.3 Å². The van der Waals surface area contributed by atoms with Crippen LogP contribution in [0.3, 0.4) is 0 Å². The summed E-state index contributed by atoms with van der Waals surface area (Å²) < 4.78 is 6.41. The van der Waals surface area contributed by atoms with Crippen molar-refractivity contribution in [1.82, 2.24) is 10.6 Å². The molecule has 1 aromatic carbocycles. The fourth-order valence-corrected chi connectivity index (χ4v) is 6.01. The van der Waals surface area contributed by atoms with Crippen molar-refractivity contribution < 1.29 is 14.3 Å². The van der Waals surface area contributed by atoms with Crippen LogP contribution < -0.4 is 15.4 Å². The van der Waals surface area contributed by atoms with Crippen molar-refractivity contribution in [1.29, 1.82) is 0 Å². The van der Waals surface area contributed by atoms with Gasteiger partial charge in [-0.15, -0.1) is 11.3 Å². The molecule has 4 atom stereocenters. The minimum atomic E-state index is -0.691. The first kappa shape index (κ1) is 17.7. The molecule has 2 aromatic rings. The molecule has 1 spiro atoms. The Kier molecular flexibility index (Phi) is 4.02. The van der Waals surface area contributed by atoms with E-state index in [1.54, 1.807) is 17.4 Å². The van der Waals surface area contributed by atoms with Gasteiger partial charge in [-0.3, -0.25) is 9.59 Å². The van der Waals surface area contributed by atoms with Crippen molar-refractivity contribution in [2.24, 2.45) is 17.3 Å². The number of ether oxygens (including phenoxy) is 1. The Bertz CT molecular complexity index is 928. The highest BCUT2D eigenvalue weighted by Crippen LogP contribution is 2.58. The van der Waals surface area contributed by atoms with Gasteiger partial charge in [-0.2, -0.15) is 0 Å². The van der Waals surface area contributed by atoms with Gasteiger partial charge in [0.2, 0.25) is 5.91 Å². The molecule has 2 N–H and O–H groups in total. The number of nitrogens with one attached hydrogen (secondary N) is 2. The predicted octanol–water partition coefficient (Wildman–Crippen LogP) is 3.71. The first-order valence-corrected chi connectivity index (χ1v) is 10.8. The second-order valence-electron chi connectivity index (χ2n) is 8.59. The molecule has 0 unspecified atom stereocenters. The molecule has 5 nitrogen and oxygen atoms in total. The minimum Gasteiger partial charge on any atom is -0.467 e. The number of benzene rings is 1. The molecule has 3 saturated carbocycles. The van der Waals surface area contributed by atoms with Crippen LogP contribution in [0.15, 0.2) is 41.8 Å². The molecule has 2 heterocycles. The molecule has 28 heavy (non-hydrogen) atoms. The molecule has 2 bridgehead atoms. The molecule has 2 amide bonds. The summed E-state index contributed by atoms with van der Waals surface area (Å²) in [6.45, 7) is 2.76. The lowest BCUT2D eigenvalue weighted by Crippen LogP contribution is -2.69. The zero-order chi connectivity index (χ0) is 19.4. The maximum absolute atomic E-state index is 13.0. The molecule has 3 fully saturated rings. The molecule has 146 valence electrons. The Hall–Kier alpha value is -2.34. The zero-order valence-corrected chi connectivity index (χ0v) is 16.7. The van der Waals surface area contributed by atoms with Gasteiger partial charge in [0.05, 0.1) is 12.1 Å². The van der Waals surface area contributed by atoms with Gasteiger partial charge < -0.3 is 15.4 Å². The SMILES string of the molecule is C[C@@]12CC[C@@H](C[C@H]1C(=O)NCc1cccs1)[C@@]1(C2)NC(=O)c2ccccc2O1. The van der Waals surface area contributed by atoms with Crippen molar-refractivity contribution in [3.8, 4) is 5.75 Å². The number of carbonyl (C=O) groups excluding carboxylic acids is 2. The van der Waals surface area contributed by atoms with Crippen molar-refractivity contribution in [3.63, 3.8) is 0 Å². The van der Waals surface area contributed by atoms with Crippen LogP contribution in [-0.4, -0.2) is 17.5 Å². The van der Waals surface area contributed by atoms with Gasteiger partial charge in [0.15, 0.2) is 5.72 Å². The van der Waals surface area contributed by atoms with Crippen LogP contribution in [0.25, 0.3) is 0 Å². The van der Waals surface area contributed by atoms with E-state index in [2.05, 4.69) is 17.6 Å². The first-order valence-electron chi connectivity index (χ1n) is 9.90. The molecular weight excluding hydrogens is 372 g/mol. The third kappa shape index (κ3) is 2.73. The summed E-state index contributed by atoms with van der Waals surface area (Å²) in [6, 6.07) is 11.4. The quantitative estimate of drug-likeness (QED) is 0.831. The molecule has 1 aliphatic heterocycles. The van der Waals surface area contributed by atoms with Crippen LogP contribution in [0, 0.1) is 17.3 Å². The van der Waals surface area contributed by atoms with Gasteiger partial charge in [0.1, 0.15) is 5.75 Å². The number of hydrogen-bond donors (Lipinski definition) is 2. The Morgan fingerprint density at radius 1 is 1.32 bits per heavy atom. The summed E-state index contributed by atoms with van der Waals surface area (Å²) in [4.78, 5) is 26.9. The van der Waals surface area contributed by atoms with Crippen molar-refractivity contribution in [3.05, 3.63) is 52.2 Å². The predicted molar refractivity (Wildman–Crippen MR) is 107 cm³/mol. The fraction of sp³-hybridized carbons (Fsp3) is 0.455. The van der Waals surface area contributed by atoms with Crippen molar-refractivity contribution >= 4 is 23.2 Å². The number of hydrogen-bond acceptors (Lipinski definition) is 4. The van der Waals surface area contributed by atoms with Gasteiger partial charge in [0.25, 0.3) is 5.91 Å². The number of fused-ring (bicyclic) bond motifs is 3. The van der Waals surface area contributed by atoms with E-state index < -0.39 is 5.72 Å². The largest absolute Gasteiger partial charge is 0.467 e. The maximum atomic E-state index is 13.0. The van der Waals surface area contributed by atoms with Gasteiger partial charge in [-0.05, 0) is 48.3 Å². The smallest absolute Gasteiger partial charge is 0.258 e. The molecule has 1 aromatic heterocycles. The van der Waals surface area contributed by atoms with E-state index in [9.17, 15) is 9.59 Å². The third-order valence-electron chi connectivity index (χ3n) is 6.83. The summed E-state index contributed by atoms with van der Waals surface area (Å²) in [7, 11) is 0. The highest BCUT2D eigenvalue weighted by Gasteiger charge is 2.61. The first-order chi connectivity index (χ1) is 13.5. The summed E-state index contributed by atoms with van der Waals surface area (Å²) in [5.41, 5.74) is -0.290. The standard InChI is InChI=1S/C22H24N2O3S/c1-21-9-8-14(11-17(21)20(26)23-12-15-5-4-10-28-15)22(13-21)24-19(25)16-6-2-3-7-18(16)27-22/h2-7,10,14,17H,8-9,11-13H2,1H3,(H,23,26)(H,24,25)/t14-,17-,21-,22-/m0/s1. The van der Waals surface area contributed by atoms with Crippen LogP contribution in [0.1, 0.15) is 47.8 Å². The van der Waals surface area contributed by atoms with E-state index in [1.165, 1.54) is 0 Å². The Labute approximate surface area is 168 Å². The molecular formula is C22H24N2O3S. The number of carbonyl (C=O) groups is 2. The van der Waals surface area contributed by atoms with Crippen LogP contribution in [0.5, 0.6) is 5.75 Å². The third-order valence-corrected chi connectivity index (χ3v) is 7.71. The van der Waals surface area contributed by atoms with Gasteiger partial charge in [-0.1, -0.05) is 25.1 Å². The van der Waals surface area contributed by atoms with Crippen LogP contribution >= 0.6 is 11.3 Å². The van der Waals surface area contributed by atoms with E-state index in [4.69, 9.17) is 4.74 Å². The molecule has 6 rings (SSSR count).